The summed E-state index contributed by atoms with van der Waals surface area (Å²) in [6, 6.07) is 16.7. The topological polar surface area (TPSA) is 72.9 Å². The van der Waals surface area contributed by atoms with E-state index in [9.17, 15) is 8.42 Å². The van der Waals surface area contributed by atoms with E-state index in [1.807, 2.05) is 12.1 Å². The standard InChI is InChI=1S/C25H36ClN3O3S.2ClH/c26-24-11-9-22(10-12-24)25-8-4-3-7-23(25)21-29-17-15-28(16-18-29)14-5-1-2-6-20-33(31,32)27-13-19-30;;/h3-4,7-12,27,30H,1-2,5-6,13-21H2;2*1H. The molecule has 2 aromatic carbocycles. The highest BCUT2D eigenvalue weighted by Gasteiger charge is 2.18. The molecule has 3 rings (SSSR count). The summed E-state index contributed by atoms with van der Waals surface area (Å²) < 4.78 is 25.8. The van der Waals surface area contributed by atoms with Gasteiger partial charge in [0.25, 0.3) is 0 Å². The highest BCUT2D eigenvalue weighted by atomic mass is 35.5. The quantitative estimate of drug-likeness (QED) is 0.351. The Kier molecular flexibility index (Phi) is 15.4. The van der Waals surface area contributed by atoms with Gasteiger partial charge in [-0.05, 0) is 48.2 Å². The summed E-state index contributed by atoms with van der Waals surface area (Å²) in [5.74, 6) is 0.142. The summed E-state index contributed by atoms with van der Waals surface area (Å²) in [4.78, 5) is 5.04. The van der Waals surface area contributed by atoms with Gasteiger partial charge in [-0.2, -0.15) is 0 Å². The highest BCUT2D eigenvalue weighted by Crippen LogP contribution is 2.26. The molecule has 0 radical (unpaired) electrons. The molecular formula is C25H38Cl3N3O3S. The minimum Gasteiger partial charge on any atom is -0.395 e. The third-order valence-electron chi connectivity index (χ3n) is 6.10. The molecule has 0 aliphatic carbocycles. The Morgan fingerprint density at radius 1 is 0.857 bits per heavy atom. The number of benzene rings is 2. The molecule has 0 amide bonds. The lowest BCUT2D eigenvalue weighted by Crippen LogP contribution is -2.46. The molecule has 1 saturated heterocycles. The van der Waals surface area contributed by atoms with E-state index in [0.717, 1.165) is 63.6 Å². The predicted octanol–water partition coefficient (Wildman–Crippen LogP) is 4.44. The van der Waals surface area contributed by atoms with Crippen molar-refractivity contribution in [2.24, 2.45) is 0 Å². The van der Waals surface area contributed by atoms with Crippen LogP contribution in [0.15, 0.2) is 48.5 Å². The first-order chi connectivity index (χ1) is 16.0. The van der Waals surface area contributed by atoms with Crippen molar-refractivity contribution in [2.45, 2.75) is 32.2 Å². The Morgan fingerprint density at radius 3 is 2.17 bits per heavy atom. The number of aliphatic hydroxyl groups excluding tert-OH is 1. The second-order valence-corrected chi connectivity index (χ2v) is 11.0. The Labute approximate surface area is 227 Å². The molecule has 1 heterocycles. The predicted molar refractivity (Wildman–Crippen MR) is 150 cm³/mol. The summed E-state index contributed by atoms with van der Waals surface area (Å²) in [6.45, 7) is 6.22. The smallest absolute Gasteiger partial charge is 0.211 e. The number of hydrogen-bond acceptors (Lipinski definition) is 5. The second kappa shape index (κ2) is 16.8. The Bertz CT molecular complexity index is 954. The van der Waals surface area contributed by atoms with Crippen LogP contribution >= 0.6 is 36.4 Å². The molecule has 1 aliphatic heterocycles. The molecule has 2 N–H and O–H groups in total. The van der Waals surface area contributed by atoms with Gasteiger partial charge in [0.1, 0.15) is 0 Å². The van der Waals surface area contributed by atoms with Crippen LogP contribution < -0.4 is 4.72 Å². The molecule has 1 fully saturated rings. The van der Waals surface area contributed by atoms with E-state index in [2.05, 4.69) is 50.9 Å². The van der Waals surface area contributed by atoms with Crippen LogP contribution in [0.25, 0.3) is 11.1 Å². The van der Waals surface area contributed by atoms with E-state index in [-0.39, 0.29) is 43.7 Å². The fraction of sp³-hybridized carbons (Fsp3) is 0.520. The molecule has 6 nitrogen and oxygen atoms in total. The average molecular weight is 567 g/mol. The Morgan fingerprint density at radius 2 is 1.49 bits per heavy atom. The van der Waals surface area contributed by atoms with E-state index in [1.54, 1.807) is 0 Å². The number of rotatable bonds is 13. The van der Waals surface area contributed by atoms with Gasteiger partial charge in [0.15, 0.2) is 0 Å². The van der Waals surface area contributed by atoms with Gasteiger partial charge in [-0.3, -0.25) is 4.90 Å². The number of halogens is 3. The fourth-order valence-electron chi connectivity index (χ4n) is 4.24. The van der Waals surface area contributed by atoms with Crippen molar-refractivity contribution >= 4 is 46.4 Å². The van der Waals surface area contributed by atoms with Crippen molar-refractivity contribution in [1.82, 2.24) is 14.5 Å². The van der Waals surface area contributed by atoms with Crippen molar-refractivity contribution in [3.05, 3.63) is 59.1 Å². The Hall–Kier alpha value is -0.900. The van der Waals surface area contributed by atoms with E-state index < -0.39 is 10.0 Å². The highest BCUT2D eigenvalue weighted by molar-refractivity contribution is 7.89. The molecule has 198 valence electrons. The third kappa shape index (κ3) is 11.4. The molecule has 35 heavy (non-hydrogen) atoms. The molecule has 2 aromatic rings. The van der Waals surface area contributed by atoms with Crippen LogP contribution in [-0.2, 0) is 16.6 Å². The Balaban J connectivity index is 0.00000306. The molecule has 0 aromatic heterocycles. The van der Waals surface area contributed by atoms with Gasteiger partial charge >= 0.3 is 0 Å². The zero-order valence-corrected chi connectivity index (χ0v) is 23.3. The summed E-state index contributed by atoms with van der Waals surface area (Å²) in [5.41, 5.74) is 3.81. The van der Waals surface area contributed by atoms with Crippen molar-refractivity contribution in [1.29, 1.82) is 0 Å². The minimum absolute atomic E-state index is 0. The molecule has 0 atom stereocenters. The number of aliphatic hydroxyl groups is 1. The van der Waals surface area contributed by atoms with Gasteiger partial charge in [0.05, 0.1) is 12.4 Å². The van der Waals surface area contributed by atoms with Crippen molar-refractivity contribution in [2.75, 3.05) is 51.6 Å². The molecule has 0 spiro atoms. The SMILES string of the molecule is Cl.Cl.O=S(=O)(CCCCCCN1CCN(Cc2ccccc2-c2ccc(Cl)cc2)CC1)NCCO. The second-order valence-electron chi connectivity index (χ2n) is 8.63. The van der Waals surface area contributed by atoms with Gasteiger partial charge in [-0.1, -0.05) is 60.8 Å². The summed E-state index contributed by atoms with van der Waals surface area (Å²) in [6.07, 6.45) is 3.73. The first-order valence-electron chi connectivity index (χ1n) is 11.8. The molecule has 0 bridgehead atoms. The lowest BCUT2D eigenvalue weighted by molar-refractivity contribution is 0.125. The first-order valence-corrected chi connectivity index (χ1v) is 13.9. The van der Waals surface area contributed by atoms with Gasteiger partial charge in [0, 0.05) is 44.3 Å². The number of piperazine rings is 1. The number of nitrogens with zero attached hydrogens (tertiary/aromatic N) is 2. The zero-order chi connectivity index (χ0) is 23.5. The maximum Gasteiger partial charge on any atom is 0.211 e. The van der Waals surface area contributed by atoms with E-state index in [0.29, 0.717) is 6.42 Å². The van der Waals surface area contributed by atoms with Gasteiger partial charge in [-0.15, -0.1) is 24.8 Å². The zero-order valence-electron chi connectivity index (χ0n) is 20.1. The largest absolute Gasteiger partial charge is 0.395 e. The van der Waals surface area contributed by atoms with Crippen LogP contribution in [0.5, 0.6) is 0 Å². The number of hydrogen-bond donors (Lipinski definition) is 2. The first kappa shape index (κ1) is 32.1. The van der Waals surface area contributed by atoms with Crippen LogP contribution in [0, 0.1) is 0 Å². The van der Waals surface area contributed by atoms with Crippen LogP contribution in [0.3, 0.4) is 0 Å². The molecule has 10 heteroatoms. The summed E-state index contributed by atoms with van der Waals surface area (Å²) in [7, 11) is -3.24. The number of sulfonamides is 1. The van der Waals surface area contributed by atoms with Gasteiger partial charge in [-0.25, -0.2) is 13.1 Å². The maximum absolute atomic E-state index is 11.7. The number of unbranched alkanes of at least 4 members (excludes halogenated alkanes) is 3. The fourth-order valence-corrected chi connectivity index (χ4v) is 5.49. The summed E-state index contributed by atoms with van der Waals surface area (Å²) >= 11 is 6.06. The van der Waals surface area contributed by atoms with E-state index in [1.165, 1.54) is 16.7 Å². The van der Waals surface area contributed by atoms with Crippen LogP contribution in [0.2, 0.25) is 5.02 Å². The monoisotopic (exact) mass is 565 g/mol. The van der Waals surface area contributed by atoms with Gasteiger partial charge in [0.2, 0.25) is 10.0 Å². The maximum atomic E-state index is 11.7. The molecular weight excluding hydrogens is 529 g/mol. The minimum atomic E-state index is -3.24. The number of nitrogens with one attached hydrogen (secondary N) is 1. The average Bonchev–Trinajstić information content (AvgIpc) is 2.82. The van der Waals surface area contributed by atoms with E-state index in [4.69, 9.17) is 16.7 Å². The van der Waals surface area contributed by atoms with Crippen molar-refractivity contribution < 1.29 is 13.5 Å². The van der Waals surface area contributed by atoms with Crippen molar-refractivity contribution in [3.8, 4) is 11.1 Å². The van der Waals surface area contributed by atoms with Crippen LogP contribution in [0.1, 0.15) is 31.2 Å². The van der Waals surface area contributed by atoms with Crippen LogP contribution in [-0.4, -0.2) is 75.0 Å². The van der Waals surface area contributed by atoms with Gasteiger partial charge < -0.3 is 10.0 Å². The molecule has 0 saturated carbocycles. The van der Waals surface area contributed by atoms with E-state index >= 15 is 0 Å². The normalized spacial score (nSPS) is 14.8. The van der Waals surface area contributed by atoms with Crippen molar-refractivity contribution in [3.63, 3.8) is 0 Å². The summed E-state index contributed by atoms with van der Waals surface area (Å²) in [5, 5.41) is 9.47. The molecule has 1 aliphatic rings. The molecule has 0 unspecified atom stereocenters. The third-order valence-corrected chi connectivity index (χ3v) is 7.82. The lowest BCUT2D eigenvalue weighted by Gasteiger charge is -2.35. The van der Waals surface area contributed by atoms with Crippen LogP contribution in [0.4, 0.5) is 0 Å². The lowest BCUT2D eigenvalue weighted by atomic mass is 9.99.